The van der Waals surface area contributed by atoms with Gasteiger partial charge in [0.2, 0.25) is 5.91 Å². The summed E-state index contributed by atoms with van der Waals surface area (Å²) in [5.41, 5.74) is 9.72. The number of halogens is 1. The number of rotatable bonds is 9. The van der Waals surface area contributed by atoms with E-state index in [0.717, 1.165) is 18.5 Å². The minimum absolute atomic E-state index is 0.0876. The average Bonchev–Trinajstić information content (AvgIpc) is 2.89. The van der Waals surface area contributed by atoms with E-state index < -0.39 is 6.04 Å². The zero-order valence-corrected chi connectivity index (χ0v) is 20.2. The third kappa shape index (κ3) is 6.54. The van der Waals surface area contributed by atoms with Crippen molar-refractivity contribution >= 4 is 5.91 Å². The normalized spacial score (nSPS) is 18.3. The molecule has 1 aliphatic rings. The van der Waals surface area contributed by atoms with E-state index in [1.165, 1.54) is 23.3 Å². The predicted octanol–water partition coefficient (Wildman–Crippen LogP) is 3.84. The Hall–Kier alpha value is -3.06. The van der Waals surface area contributed by atoms with Gasteiger partial charge in [-0.25, -0.2) is 4.39 Å². The number of benzene rings is 3. The Kier molecular flexibility index (Phi) is 8.64. The molecule has 6 heteroatoms. The van der Waals surface area contributed by atoms with Crippen LogP contribution < -0.4 is 5.73 Å². The second kappa shape index (κ2) is 12.1. The fraction of sp³-hybridized carbons (Fsp3) is 0.345. The average molecular weight is 476 g/mol. The van der Waals surface area contributed by atoms with E-state index in [0.29, 0.717) is 26.1 Å². The standard InChI is InChI=1S/C29H34FN3O2/c1-35-21-26-20-32(28(24-10-6-3-7-11-24)19-22-8-4-2-5-9-22)16-17-33(26)29(34)27(31)18-23-12-14-25(30)15-13-23/h2-15,26-28H,16-21,31H2,1H3. The van der Waals surface area contributed by atoms with Crippen molar-refractivity contribution in [3.63, 3.8) is 0 Å². The highest BCUT2D eigenvalue weighted by Crippen LogP contribution is 2.28. The minimum atomic E-state index is -0.680. The summed E-state index contributed by atoms with van der Waals surface area (Å²) in [5.74, 6) is -0.385. The molecule has 35 heavy (non-hydrogen) atoms. The lowest BCUT2D eigenvalue weighted by molar-refractivity contribution is -0.139. The molecule has 3 atom stereocenters. The Labute approximate surface area is 207 Å². The molecule has 3 aromatic carbocycles. The van der Waals surface area contributed by atoms with Gasteiger partial charge in [0.25, 0.3) is 0 Å². The summed E-state index contributed by atoms with van der Waals surface area (Å²) in [4.78, 5) is 17.7. The van der Waals surface area contributed by atoms with E-state index in [-0.39, 0.29) is 23.8 Å². The van der Waals surface area contributed by atoms with E-state index in [1.807, 2.05) is 17.0 Å². The molecule has 1 amide bonds. The van der Waals surface area contributed by atoms with Crippen LogP contribution in [-0.4, -0.2) is 61.1 Å². The predicted molar refractivity (Wildman–Crippen MR) is 136 cm³/mol. The summed E-state index contributed by atoms with van der Waals surface area (Å²) in [6.45, 7) is 2.48. The largest absolute Gasteiger partial charge is 0.382 e. The van der Waals surface area contributed by atoms with E-state index in [1.54, 1.807) is 19.2 Å². The van der Waals surface area contributed by atoms with E-state index in [4.69, 9.17) is 10.5 Å². The summed E-state index contributed by atoms with van der Waals surface area (Å²) in [6, 6.07) is 26.6. The molecule has 0 aliphatic carbocycles. The molecule has 1 aliphatic heterocycles. The molecule has 0 aromatic heterocycles. The number of piperazine rings is 1. The van der Waals surface area contributed by atoms with Crippen molar-refractivity contribution in [3.8, 4) is 0 Å². The zero-order valence-electron chi connectivity index (χ0n) is 20.2. The van der Waals surface area contributed by atoms with Gasteiger partial charge in [-0.2, -0.15) is 0 Å². The number of methoxy groups -OCH3 is 1. The number of carbonyl (C=O) groups excluding carboxylic acids is 1. The highest BCUT2D eigenvalue weighted by atomic mass is 19.1. The van der Waals surface area contributed by atoms with Gasteiger partial charge in [0, 0.05) is 32.8 Å². The Morgan fingerprint density at radius 1 is 0.943 bits per heavy atom. The van der Waals surface area contributed by atoms with Crippen molar-refractivity contribution in [1.82, 2.24) is 9.80 Å². The second-order valence-corrected chi connectivity index (χ2v) is 9.19. The van der Waals surface area contributed by atoms with Crippen LogP contribution in [0.3, 0.4) is 0 Å². The zero-order chi connectivity index (χ0) is 24.6. The molecule has 1 saturated heterocycles. The van der Waals surface area contributed by atoms with Crippen molar-refractivity contribution in [2.45, 2.75) is 31.0 Å². The molecule has 3 unspecified atom stereocenters. The molecule has 0 radical (unpaired) electrons. The van der Waals surface area contributed by atoms with Crippen LogP contribution in [0, 0.1) is 5.82 Å². The van der Waals surface area contributed by atoms with Crippen LogP contribution in [0.25, 0.3) is 0 Å². The van der Waals surface area contributed by atoms with Crippen LogP contribution in [0.2, 0.25) is 0 Å². The summed E-state index contributed by atoms with van der Waals surface area (Å²) in [6.07, 6.45) is 1.27. The number of carbonyl (C=O) groups is 1. The first kappa shape index (κ1) is 25.0. The number of ether oxygens (including phenoxy) is 1. The van der Waals surface area contributed by atoms with Crippen molar-refractivity contribution in [3.05, 3.63) is 107 Å². The van der Waals surface area contributed by atoms with Crippen molar-refractivity contribution < 1.29 is 13.9 Å². The summed E-state index contributed by atoms with van der Waals surface area (Å²) < 4.78 is 18.8. The van der Waals surface area contributed by atoms with Crippen LogP contribution in [0.4, 0.5) is 4.39 Å². The molecule has 2 N–H and O–H groups in total. The molecule has 1 fully saturated rings. The fourth-order valence-corrected chi connectivity index (χ4v) is 4.93. The second-order valence-electron chi connectivity index (χ2n) is 9.19. The Morgan fingerprint density at radius 2 is 1.57 bits per heavy atom. The number of nitrogens with zero attached hydrogens (tertiary/aromatic N) is 2. The van der Waals surface area contributed by atoms with Gasteiger partial charge in [0.1, 0.15) is 5.82 Å². The maximum Gasteiger partial charge on any atom is 0.240 e. The first-order chi connectivity index (χ1) is 17.0. The van der Waals surface area contributed by atoms with Gasteiger partial charge < -0.3 is 15.4 Å². The summed E-state index contributed by atoms with van der Waals surface area (Å²) in [5, 5.41) is 0. The van der Waals surface area contributed by atoms with Gasteiger partial charge >= 0.3 is 0 Å². The first-order valence-corrected chi connectivity index (χ1v) is 12.2. The Bertz CT molecular complexity index is 1060. The van der Waals surface area contributed by atoms with E-state index in [9.17, 15) is 9.18 Å². The lowest BCUT2D eigenvalue weighted by atomic mass is 9.95. The molecule has 3 aromatic rings. The third-order valence-electron chi connectivity index (χ3n) is 6.74. The Morgan fingerprint density at radius 3 is 2.23 bits per heavy atom. The van der Waals surface area contributed by atoms with Crippen LogP contribution in [-0.2, 0) is 22.4 Å². The lowest BCUT2D eigenvalue weighted by Gasteiger charge is -2.45. The molecular weight excluding hydrogens is 441 g/mol. The van der Waals surface area contributed by atoms with Crippen LogP contribution in [0.5, 0.6) is 0 Å². The molecule has 1 heterocycles. The number of hydrogen-bond donors (Lipinski definition) is 1. The van der Waals surface area contributed by atoms with E-state index in [2.05, 4.69) is 53.4 Å². The van der Waals surface area contributed by atoms with Crippen LogP contribution in [0.15, 0.2) is 84.9 Å². The molecular formula is C29H34FN3O2. The molecule has 0 spiro atoms. The highest BCUT2D eigenvalue weighted by molar-refractivity contribution is 5.82. The maximum absolute atomic E-state index is 13.3. The smallest absolute Gasteiger partial charge is 0.240 e. The topological polar surface area (TPSA) is 58.8 Å². The van der Waals surface area contributed by atoms with Crippen LogP contribution >= 0.6 is 0 Å². The Balaban J connectivity index is 1.49. The van der Waals surface area contributed by atoms with Gasteiger partial charge in [-0.05, 0) is 41.7 Å². The van der Waals surface area contributed by atoms with Crippen molar-refractivity contribution in [2.24, 2.45) is 5.73 Å². The number of nitrogens with two attached hydrogens (primary N) is 1. The number of hydrogen-bond acceptors (Lipinski definition) is 4. The quantitative estimate of drug-likeness (QED) is 0.511. The fourth-order valence-electron chi connectivity index (χ4n) is 4.93. The highest BCUT2D eigenvalue weighted by Gasteiger charge is 2.35. The number of amides is 1. The molecule has 0 saturated carbocycles. The van der Waals surface area contributed by atoms with Crippen molar-refractivity contribution in [2.75, 3.05) is 33.4 Å². The van der Waals surface area contributed by atoms with Crippen LogP contribution in [0.1, 0.15) is 22.7 Å². The molecule has 5 nitrogen and oxygen atoms in total. The molecule has 184 valence electrons. The SMILES string of the molecule is COCC1CN(C(Cc2ccccc2)c2ccccc2)CCN1C(=O)C(N)Cc1ccc(F)cc1. The molecule has 4 rings (SSSR count). The van der Waals surface area contributed by atoms with Gasteiger partial charge in [0.05, 0.1) is 18.7 Å². The maximum atomic E-state index is 13.3. The first-order valence-electron chi connectivity index (χ1n) is 12.2. The monoisotopic (exact) mass is 475 g/mol. The van der Waals surface area contributed by atoms with E-state index >= 15 is 0 Å². The summed E-state index contributed by atoms with van der Waals surface area (Å²) >= 11 is 0. The lowest BCUT2D eigenvalue weighted by Crippen LogP contribution is -2.60. The molecule has 0 bridgehead atoms. The van der Waals surface area contributed by atoms with Gasteiger partial charge in [-0.3, -0.25) is 9.69 Å². The van der Waals surface area contributed by atoms with Gasteiger partial charge in [-0.1, -0.05) is 72.8 Å². The summed E-state index contributed by atoms with van der Waals surface area (Å²) in [7, 11) is 1.67. The minimum Gasteiger partial charge on any atom is -0.382 e. The third-order valence-corrected chi connectivity index (χ3v) is 6.74. The van der Waals surface area contributed by atoms with Gasteiger partial charge in [0.15, 0.2) is 0 Å². The van der Waals surface area contributed by atoms with Gasteiger partial charge in [-0.15, -0.1) is 0 Å². The van der Waals surface area contributed by atoms with Crippen molar-refractivity contribution in [1.29, 1.82) is 0 Å².